The van der Waals surface area contributed by atoms with Crippen molar-refractivity contribution in [3.05, 3.63) is 66.0 Å². The summed E-state index contributed by atoms with van der Waals surface area (Å²) in [5, 5.41) is 9.36. The number of nitrogens with zero attached hydrogens (tertiary/aromatic N) is 3. The van der Waals surface area contributed by atoms with Gasteiger partial charge in [-0.25, -0.2) is 18.4 Å². The molecule has 2 fully saturated rings. The van der Waals surface area contributed by atoms with Gasteiger partial charge in [0.05, 0.1) is 16.4 Å². The average Bonchev–Trinajstić information content (AvgIpc) is 2.87. The minimum Gasteiger partial charge on any atom is -0.481 e. The second kappa shape index (κ2) is 10.5. The van der Waals surface area contributed by atoms with Crippen LogP contribution in [0.3, 0.4) is 0 Å². The maximum atomic E-state index is 14.0. The van der Waals surface area contributed by atoms with Crippen LogP contribution in [-0.4, -0.2) is 42.6 Å². The van der Waals surface area contributed by atoms with E-state index in [0.29, 0.717) is 37.0 Å². The number of nitrogens with one attached hydrogen (secondary N) is 1. The molecule has 2 N–H and O–H groups in total. The first-order chi connectivity index (χ1) is 18.5. The van der Waals surface area contributed by atoms with E-state index in [0.717, 1.165) is 30.9 Å². The van der Waals surface area contributed by atoms with Crippen molar-refractivity contribution in [1.29, 1.82) is 0 Å². The van der Waals surface area contributed by atoms with E-state index < -0.39 is 33.7 Å². The highest BCUT2D eigenvalue weighted by Crippen LogP contribution is 2.44. The predicted molar refractivity (Wildman–Crippen MR) is 139 cm³/mol. The van der Waals surface area contributed by atoms with Gasteiger partial charge in [-0.3, -0.25) is 9.52 Å². The number of alkyl halides is 3. The summed E-state index contributed by atoms with van der Waals surface area (Å²) in [5.74, 6) is -1.30. The van der Waals surface area contributed by atoms with Gasteiger partial charge < -0.3 is 10.0 Å². The van der Waals surface area contributed by atoms with E-state index in [2.05, 4.69) is 14.7 Å². The Morgan fingerprint density at radius 3 is 2.49 bits per heavy atom. The molecule has 0 unspecified atom stereocenters. The Kier molecular flexibility index (Phi) is 7.23. The second-order valence-corrected chi connectivity index (χ2v) is 11.6. The molecular formula is C27H27F3N4O4S. The molecule has 2 aromatic heterocycles. The van der Waals surface area contributed by atoms with Crippen LogP contribution >= 0.6 is 0 Å². The van der Waals surface area contributed by atoms with Gasteiger partial charge in [0.2, 0.25) is 0 Å². The molecule has 206 valence electrons. The molecule has 3 aromatic rings. The number of carbonyl (C=O) groups is 1. The van der Waals surface area contributed by atoms with E-state index in [4.69, 9.17) is 0 Å². The van der Waals surface area contributed by atoms with Gasteiger partial charge in [-0.2, -0.15) is 13.2 Å². The van der Waals surface area contributed by atoms with Crippen LogP contribution in [0.25, 0.3) is 11.1 Å². The third-order valence-electron chi connectivity index (χ3n) is 7.37. The molecule has 0 amide bonds. The van der Waals surface area contributed by atoms with E-state index in [1.54, 1.807) is 23.1 Å². The van der Waals surface area contributed by atoms with Gasteiger partial charge >= 0.3 is 12.1 Å². The molecule has 1 aliphatic carbocycles. The lowest BCUT2D eigenvalue weighted by molar-refractivity contribution is -0.142. The molecule has 1 saturated heterocycles. The molecule has 1 saturated carbocycles. The number of carboxylic acid groups (broad SMARTS) is 1. The number of benzene rings is 1. The molecule has 0 radical (unpaired) electrons. The maximum Gasteiger partial charge on any atom is 0.418 e. The van der Waals surface area contributed by atoms with Crippen molar-refractivity contribution in [2.75, 3.05) is 22.7 Å². The highest BCUT2D eigenvalue weighted by Gasteiger charge is 2.36. The first-order valence-corrected chi connectivity index (χ1v) is 14.1. The molecule has 1 aliphatic heterocycles. The van der Waals surface area contributed by atoms with Crippen LogP contribution in [0.1, 0.15) is 49.1 Å². The summed E-state index contributed by atoms with van der Waals surface area (Å²) in [6, 6.07) is 10.6. The number of hydrogen-bond acceptors (Lipinski definition) is 6. The van der Waals surface area contributed by atoms with Gasteiger partial charge in [-0.1, -0.05) is 30.7 Å². The second-order valence-electron chi connectivity index (χ2n) is 9.91. The molecule has 8 nitrogen and oxygen atoms in total. The van der Waals surface area contributed by atoms with Gasteiger partial charge in [0.15, 0.2) is 0 Å². The third-order valence-corrected chi connectivity index (χ3v) is 8.72. The Labute approximate surface area is 224 Å². The molecule has 5 rings (SSSR count). The molecule has 12 heteroatoms. The zero-order valence-corrected chi connectivity index (χ0v) is 21.7. The fourth-order valence-corrected chi connectivity index (χ4v) is 6.11. The van der Waals surface area contributed by atoms with Crippen molar-refractivity contribution in [3.8, 4) is 11.1 Å². The normalized spacial score (nSPS) is 18.4. The Morgan fingerprint density at radius 1 is 1.03 bits per heavy atom. The number of pyridine rings is 2. The number of aliphatic carboxylic acids is 1. The molecule has 0 bridgehead atoms. The highest BCUT2D eigenvalue weighted by atomic mass is 32.2. The summed E-state index contributed by atoms with van der Waals surface area (Å²) in [4.78, 5) is 21.0. The summed E-state index contributed by atoms with van der Waals surface area (Å²) in [7, 11) is -4.25. The van der Waals surface area contributed by atoms with Crippen LogP contribution < -0.4 is 9.62 Å². The fourth-order valence-electron chi connectivity index (χ4n) is 5.10. The number of piperidine rings is 1. The van der Waals surface area contributed by atoms with Crippen molar-refractivity contribution < 1.29 is 31.5 Å². The first-order valence-electron chi connectivity index (χ1n) is 12.7. The Bertz CT molecular complexity index is 1490. The number of sulfonamides is 1. The number of carboxylic acids is 1. The molecule has 1 aromatic carbocycles. The monoisotopic (exact) mass is 560 g/mol. The minimum absolute atomic E-state index is 0.138. The molecule has 3 heterocycles. The summed E-state index contributed by atoms with van der Waals surface area (Å²) in [6.07, 6.45) is 1.20. The molecular weight excluding hydrogens is 533 g/mol. The van der Waals surface area contributed by atoms with Gasteiger partial charge in [-0.05, 0) is 60.4 Å². The summed E-state index contributed by atoms with van der Waals surface area (Å²) < 4.78 is 70.7. The van der Waals surface area contributed by atoms with Crippen LogP contribution in [0, 0.1) is 5.92 Å². The van der Waals surface area contributed by atoms with Gasteiger partial charge in [0.1, 0.15) is 11.6 Å². The summed E-state index contributed by atoms with van der Waals surface area (Å²) >= 11 is 0. The lowest BCUT2D eigenvalue weighted by atomic mass is 9.77. The summed E-state index contributed by atoms with van der Waals surface area (Å²) in [5.41, 5.74) is 0.124. The Hall–Kier alpha value is -3.67. The van der Waals surface area contributed by atoms with E-state index in [9.17, 15) is 31.5 Å². The van der Waals surface area contributed by atoms with Crippen LogP contribution in [0.15, 0.2) is 59.8 Å². The van der Waals surface area contributed by atoms with E-state index in [-0.39, 0.29) is 28.7 Å². The number of hydrogen-bond donors (Lipinski definition) is 2. The van der Waals surface area contributed by atoms with Crippen molar-refractivity contribution in [2.24, 2.45) is 5.92 Å². The van der Waals surface area contributed by atoms with Crippen molar-refractivity contribution >= 4 is 27.6 Å². The topological polar surface area (TPSA) is 112 Å². The fraction of sp³-hybridized carbons (Fsp3) is 0.370. The van der Waals surface area contributed by atoms with Crippen LogP contribution in [0.4, 0.5) is 24.8 Å². The molecule has 1 atom stereocenters. The van der Waals surface area contributed by atoms with Crippen molar-refractivity contribution in [2.45, 2.75) is 49.1 Å². The lowest BCUT2D eigenvalue weighted by Crippen LogP contribution is -2.39. The standard InChI is InChI=1S/C27H27F3N4O4S/c28-27(29,30)23-15-32-24(14-22(23)21-9-2-1-8-20(21)17-5-3-6-17)33-39(37,38)19-10-11-31-25(13-19)34-12-4-7-18(16-34)26(35)36/h1-2,8-11,13-15,17-18H,3-7,12,16H2,(H,32,33)(H,35,36)/t18-/m1/s1. The van der Waals surface area contributed by atoms with E-state index in [1.807, 2.05) is 6.07 Å². The SMILES string of the molecule is O=C(O)[C@@H]1CCCN(c2cc(S(=O)(=O)Nc3cc(-c4ccccc4C4CCC4)c(C(F)(F)F)cn3)ccn2)C1. The maximum absolute atomic E-state index is 14.0. The first kappa shape index (κ1) is 26.9. The highest BCUT2D eigenvalue weighted by molar-refractivity contribution is 7.92. The average molecular weight is 561 g/mol. The Morgan fingerprint density at radius 2 is 1.79 bits per heavy atom. The van der Waals surface area contributed by atoms with Gasteiger partial charge in [0.25, 0.3) is 10.0 Å². The molecule has 2 aliphatic rings. The molecule has 39 heavy (non-hydrogen) atoms. The Balaban J connectivity index is 1.47. The van der Waals surface area contributed by atoms with Crippen molar-refractivity contribution in [3.63, 3.8) is 0 Å². The number of aromatic nitrogens is 2. The number of halogens is 3. The van der Waals surface area contributed by atoms with Crippen LogP contribution in [0.2, 0.25) is 0 Å². The van der Waals surface area contributed by atoms with Crippen LogP contribution in [0.5, 0.6) is 0 Å². The smallest absolute Gasteiger partial charge is 0.418 e. The zero-order chi connectivity index (χ0) is 27.8. The largest absolute Gasteiger partial charge is 0.481 e. The third kappa shape index (κ3) is 5.70. The number of anilines is 2. The van der Waals surface area contributed by atoms with Gasteiger partial charge in [-0.15, -0.1) is 0 Å². The van der Waals surface area contributed by atoms with E-state index >= 15 is 0 Å². The summed E-state index contributed by atoms with van der Waals surface area (Å²) in [6.45, 7) is 0.724. The lowest BCUT2D eigenvalue weighted by Gasteiger charge is -2.31. The predicted octanol–water partition coefficient (Wildman–Crippen LogP) is 5.53. The quantitative estimate of drug-likeness (QED) is 0.391. The van der Waals surface area contributed by atoms with Gasteiger partial charge in [0, 0.05) is 31.5 Å². The van der Waals surface area contributed by atoms with Crippen LogP contribution in [-0.2, 0) is 21.0 Å². The minimum atomic E-state index is -4.69. The number of rotatable bonds is 7. The molecule has 0 spiro atoms. The zero-order valence-electron chi connectivity index (χ0n) is 20.9. The van der Waals surface area contributed by atoms with E-state index in [1.165, 1.54) is 18.3 Å². The van der Waals surface area contributed by atoms with Crippen molar-refractivity contribution in [1.82, 2.24) is 9.97 Å².